The highest BCUT2D eigenvalue weighted by Crippen LogP contribution is 2.33. The second-order valence-electron chi connectivity index (χ2n) is 6.45. The minimum atomic E-state index is -4.47. The lowest BCUT2D eigenvalue weighted by molar-refractivity contribution is -0.137. The van der Waals surface area contributed by atoms with Crippen molar-refractivity contribution < 1.29 is 21.9 Å². The monoisotopic (exact) mass is 430 g/mol. The molecule has 2 heterocycles. The largest absolute Gasteiger partial charge is 0.416 e. The maximum absolute atomic E-state index is 13.1. The highest BCUT2D eigenvalue weighted by atomic mass is 32.3. The molecule has 1 unspecified atom stereocenters. The fourth-order valence-corrected chi connectivity index (χ4v) is 3.99. The van der Waals surface area contributed by atoms with Crippen LogP contribution in [-0.4, -0.2) is 14.5 Å². The molecule has 1 atom stereocenters. The van der Waals surface area contributed by atoms with Crippen molar-refractivity contribution in [1.29, 1.82) is 0 Å². The predicted molar refractivity (Wildman–Crippen MR) is 109 cm³/mol. The molecule has 4 rings (SSSR count). The van der Waals surface area contributed by atoms with Crippen LogP contribution in [0.25, 0.3) is 22.2 Å². The Labute approximate surface area is 171 Å². The molecule has 0 saturated heterocycles. The van der Waals surface area contributed by atoms with E-state index >= 15 is 0 Å². The van der Waals surface area contributed by atoms with Gasteiger partial charge in [0, 0.05) is 23.2 Å². The fraction of sp³-hybridized carbons (Fsp3) is 0.0476. The molecule has 0 aliphatic carbocycles. The van der Waals surface area contributed by atoms with Crippen molar-refractivity contribution in [3.8, 4) is 11.3 Å². The third-order valence-electron chi connectivity index (χ3n) is 4.38. The van der Waals surface area contributed by atoms with Crippen LogP contribution in [0.1, 0.15) is 5.56 Å². The summed E-state index contributed by atoms with van der Waals surface area (Å²) >= 11 is 0. The van der Waals surface area contributed by atoms with E-state index in [4.69, 9.17) is 0 Å². The number of anilines is 1. The highest BCUT2D eigenvalue weighted by Gasteiger charge is 2.32. The number of nitrogens with one attached hydrogen (secondary N) is 1. The zero-order valence-electron chi connectivity index (χ0n) is 15.3. The van der Waals surface area contributed by atoms with Crippen LogP contribution in [0.15, 0.2) is 84.0 Å². The van der Waals surface area contributed by atoms with Crippen molar-refractivity contribution in [3.05, 3.63) is 84.6 Å². The van der Waals surface area contributed by atoms with Crippen LogP contribution in [0.3, 0.4) is 0 Å². The van der Waals surface area contributed by atoms with Crippen molar-refractivity contribution >= 4 is 27.0 Å². The van der Waals surface area contributed by atoms with Crippen LogP contribution in [-0.2, 0) is 20.8 Å². The van der Waals surface area contributed by atoms with Crippen LogP contribution < -0.4 is 4.72 Å². The Hall–Kier alpha value is -3.30. The summed E-state index contributed by atoms with van der Waals surface area (Å²) in [4.78, 5) is 8.37. The molecule has 152 valence electrons. The zero-order chi connectivity index (χ0) is 21.4. The average Bonchev–Trinajstić information content (AvgIpc) is 2.74. The first-order valence-electron chi connectivity index (χ1n) is 8.77. The number of pyridine rings is 2. The van der Waals surface area contributed by atoms with Crippen LogP contribution in [0.5, 0.6) is 0 Å². The maximum atomic E-state index is 13.1. The quantitative estimate of drug-likeness (QED) is 0.409. The SMILES string of the molecule is O=[S+](O)(Nc1cccc2ccc(-c3cccc(C(F)(F)F)c3)nc12)c1ccccn1. The Bertz CT molecular complexity index is 1260. The number of benzene rings is 2. The molecule has 0 aliphatic rings. The van der Waals surface area contributed by atoms with Crippen molar-refractivity contribution in [1.82, 2.24) is 9.97 Å². The first-order chi connectivity index (χ1) is 14.2. The number of fused-ring (bicyclic) bond motifs is 1. The van der Waals surface area contributed by atoms with E-state index < -0.39 is 22.1 Å². The molecule has 0 aliphatic heterocycles. The van der Waals surface area contributed by atoms with Crippen LogP contribution in [0.2, 0.25) is 0 Å². The van der Waals surface area contributed by atoms with Gasteiger partial charge in [0.2, 0.25) is 0 Å². The topological polar surface area (TPSA) is 75.1 Å². The third kappa shape index (κ3) is 4.03. The molecule has 2 aromatic heterocycles. The Morgan fingerprint density at radius 1 is 0.933 bits per heavy atom. The van der Waals surface area contributed by atoms with Gasteiger partial charge in [0.05, 0.1) is 16.8 Å². The van der Waals surface area contributed by atoms with Crippen LogP contribution in [0, 0.1) is 0 Å². The molecule has 2 N–H and O–H groups in total. The maximum Gasteiger partial charge on any atom is 0.416 e. The van der Waals surface area contributed by atoms with Crippen molar-refractivity contribution in [3.63, 3.8) is 0 Å². The summed E-state index contributed by atoms with van der Waals surface area (Å²) in [6.07, 6.45) is -3.06. The van der Waals surface area contributed by atoms with Gasteiger partial charge in [-0.05, 0) is 34.5 Å². The number of hydrogen-bond donors (Lipinski definition) is 2. The lowest BCUT2D eigenvalue weighted by atomic mass is 10.1. The van der Waals surface area contributed by atoms with Gasteiger partial charge in [-0.2, -0.15) is 22.4 Å². The number of halogens is 3. The van der Waals surface area contributed by atoms with E-state index in [0.29, 0.717) is 16.6 Å². The summed E-state index contributed by atoms with van der Waals surface area (Å²) in [6.45, 7) is 0. The number of hydrogen-bond acceptors (Lipinski definition) is 3. The summed E-state index contributed by atoms with van der Waals surface area (Å²) in [5, 5.41) is 0.614. The van der Waals surface area contributed by atoms with Crippen molar-refractivity contribution in [2.75, 3.05) is 4.72 Å². The van der Waals surface area contributed by atoms with Gasteiger partial charge in [-0.1, -0.05) is 36.4 Å². The minimum absolute atomic E-state index is 0.0453. The molecular weight excluding hydrogens is 415 g/mol. The molecule has 5 nitrogen and oxygen atoms in total. The summed E-state index contributed by atoms with van der Waals surface area (Å²) in [7, 11) is -3.71. The molecule has 2 aromatic carbocycles. The molecule has 0 bridgehead atoms. The molecule has 0 saturated carbocycles. The molecule has 0 spiro atoms. The molecule has 9 heteroatoms. The van der Waals surface area contributed by atoms with E-state index in [-0.39, 0.29) is 16.3 Å². The fourth-order valence-electron chi connectivity index (χ4n) is 2.96. The van der Waals surface area contributed by atoms with E-state index in [2.05, 4.69) is 14.7 Å². The van der Waals surface area contributed by atoms with E-state index in [9.17, 15) is 21.9 Å². The number of rotatable bonds is 4. The Morgan fingerprint density at radius 3 is 2.47 bits per heavy atom. The molecule has 0 amide bonds. The van der Waals surface area contributed by atoms with Gasteiger partial charge in [-0.3, -0.25) is 0 Å². The van der Waals surface area contributed by atoms with Crippen LogP contribution >= 0.6 is 0 Å². The Balaban J connectivity index is 1.78. The summed E-state index contributed by atoms with van der Waals surface area (Å²) in [6, 6.07) is 17.8. The number of para-hydroxylation sites is 1. The number of nitrogens with zero attached hydrogens (tertiary/aromatic N) is 2. The normalized spacial score (nSPS) is 13.7. The van der Waals surface area contributed by atoms with Gasteiger partial charge in [-0.15, -0.1) is 0 Å². The Kier molecular flexibility index (Phi) is 5.00. The minimum Gasteiger partial charge on any atom is -0.245 e. The van der Waals surface area contributed by atoms with E-state index in [1.54, 1.807) is 42.5 Å². The van der Waals surface area contributed by atoms with Gasteiger partial charge < -0.3 is 0 Å². The number of aromatic nitrogens is 2. The van der Waals surface area contributed by atoms with Gasteiger partial charge in [0.1, 0.15) is 5.69 Å². The first kappa shape index (κ1) is 20.0. The van der Waals surface area contributed by atoms with Gasteiger partial charge >= 0.3 is 21.6 Å². The summed E-state index contributed by atoms with van der Waals surface area (Å²) < 4.78 is 64.9. The van der Waals surface area contributed by atoms with Gasteiger partial charge in [-0.25, -0.2) is 9.97 Å². The smallest absolute Gasteiger partial charge is 0.245 e. The first-order valence-corrected chi connectivity index (χ1v) is 10.3. The molecule has 4 aromatic rings. The molecular formula is C21H15F3N3O2S+. The number of alkyl halides is 3. The van der Waals surface area contributed by atoms with Gasteiger partial charge in [0.15, 0.2) is 0 Å². The van der Waals surface area contributed by atoms with E-state index in [1.165, 1.54) is 24.4 Å². The van der Waals surface area contributed by atoms with E-state index in [0.717, 1.165) is 12.1 Å². The van der Waals surface area contributed by atoms with Crippen molar-refractivity contribution in [2.45, 2.75) is 11.2 Å². The van der Waals surface area contributed by atoms with Gasteiger partial charge in [0.25, 0.3) is 0 Å². The highest BCUT2D eigenvalue weighted by molar-refractivity contribution is 7.98. The lowest BCUT2D eigenvalue weighted by Gasteiger charge is -2.11. The summed E-state index contributed by atoms with van der Waals surface area (Å²) in [5.41, 5.74) is 0.438. The Morgan fingerprint density at radius 2 is 1.73 bits per heavy atom. The standard InChI is InChI=1S/C21H14F3N3O2S/c22-21(23,24)16-7-3-6-15(13-16)17-11-10-14-5-4-8-18(20(14)26-17)27-30(28,29)19-9-1-2-12-25-19/h1-13H,(H-,27,28,29)/p+1. The third-order valence-corrected chi connectivity index (χ3v) is 5.68. The van der Waals surface area contributed by atoms with Crippen LogP contribution in [0.4, 0.5) is 18.9 Å². The second kappa shape index (κ2) is 7.51. The second-order valence-corrected chi connectivity index (χ2v) is 8.12. The predicted octanol–water partition coefficient (Wildman–Crippen LogP) is 5.67. The summed E-state index contributed by atoms with van der Waals surface area (Å²) in [5.74, 6) is 0. The molecule has 30 heavy (non-hydrogen) atoms. The van der Waals surface area contributed by atoms with E-state index in [1.807, 2.05) is 0 Å². The molecule has 0 radical (unpaired) electrons. The zero-order valence-corrected chi connectivity index (χ0v) is 16.1. The van der Waals surface area contributed by atoms with Crippen molar-refractivity contribution in [2.24, 2.45) is 0 Å². The lowest BCUT2D eigenvalue weighted by Crippen LogP contribution is -2.22. The molecule has 0 fully saturated rings. The average molecular weight is 430 g/mol.